The molecule has 0 unspecified atom stereocenters. The van der Waals surface area contributed by atoms with Crippen LogP contribution in [0.5, 0.6) is 11.5 Å². The molecular weight excluding hydrogens is 350 g/mol. The Kier molecular flexibility index (Phi) is 5.00. The van der Waals surface area contributed by atoms with Gasteiger partial charge in [0.2, 0.25) is 0 Å². The van der Waals surface area contributed by atoms with Crippen molar-refractivity contribution in [2.75, 3.05) is 12.8 Å². The summed E-state index contributed by atoms with van der Waals surface area (Å²) in [5.74, 6) is -0.201. The van der Waals surface area contributed by atoms with Gasteiger partial charge in [-0.1, -0.05) is 28.1 Å². The van der Waals surface area contributed by atoms with Crippen molar-refractivity contribution in [3.05, 3.63) is 52.0 Å². The lowest BCUT2D eigenvalue weighted by Gasteiger charge is -2.07. The maximum atomic E-state index is 11.9. The first-order valence-corrected chi connectivity index (χ1v) is 7.06. The van der Waals surface area contributed by atoms with E-state index in [1.807, 2.05) is 0 Å². The Morgan fingerprint density at radius 1 is 1.41 bits per heavy atom. The zero-order valence-electron chi connectivity index (χ0n) is 11.7. The lowest BCUT2D eigenvalue weighted by molar-refractivity contribution is 0.0956. The summed E-state index contributed by atoms with van der Waals surface area (Å²) in [6, 6.07) is 9.94. The van der Waals surface area contributed by atoms with Gasteiger partial charge in [0.05, 0.1) is 18.9 Å². The van der Waals surface area contributed by atoms with Crippen LogP contribution in [0.2, 0.25) is 0 Å². The van der Waals surface area contributed by atoms with Crippen LogP contribution in [-0.2, 0) is 0 Å². The first-order chi connectivity index (χ1) is 10.5. The Labute approximate surface area is 135 Å². The molecular formula is C15H14BrN3O3. The van der Waals surface area contributed by atoms with E-state index in [-0.39, 0.29) is 5.75 Å². The molecule has 0 saturated heterocycles. The van der Waals surface area contributed by atoms with E-state index in [0.29, 0.717) is 27.0 Å². The number of amides is 1. The number of hydrogen-bond acceptors (Lipinski definition) is 5. The van der Waals surface area contributed by atoms with Crippen LogP contribution in [0.1, 0.15) is 15.9 Å². The average Bonchev–Trinajstić information content (AvgIpc) is 2.50. The van der Waals surface area contributed by atoms with E-state index in [0.717, 1.165) is 0 Å². The summed E-state index contributed by atoms with van der Waals surface area (Å²) in [4.78, 5) is 11.9. The normalized spacial score (nSPS) is 10.6. The average molecular weight is 364 g/mol. The summed E-state index contributed by atoms with van der Waals surface area (Å²) in [6.45, 7) is 0. The van der Waals surface area contributed by atoms with Crippen LogP contribution >= 0.6 is 15.9 Å². The quantitative estimate of drug-likeness (QED) is 0.441. The fraction of sp³-hybridized carbons (Fsp3) is 0.0667. The van der Waals surface area contributed by atoms with Crippen molar-refractivity contribution in [3.8, 4) is 11.5 Å². The number of anilines is 1. The Hall–Kier alpha value is -2.54. The fourth-order valence-corrected chi connectivity index (χ4v) is 2.23. The number of nitrogens with one attached hydrogen (secondary N) is 1. The van der Waals surface area contributed by atoms with Gasteiger partial charge in [-0.25, -0.2) is 5.43 Å². The van der Waals surface area contributed by atoms with Crippen molar-refractivity contribution in [1.29, 1.82) is 0 Å². The molecule has 2 rings (SSSR count). The lowest BCUT2D eigenvalue weighted by atomic mass is 10.2. The second-order valence-electron chi connectivity index (χ2n) is 4.33. The highest BCUT2D eigenvalue weighted by Crippen LogP contribution is 2.32. The van der Waals surface area contributed by atoms with Crippen molar-refractivity contribution in [1.82, 2.24) is 5.43 Å². The van der Waals surface area contributed by atoms with Crippen LogP contribution in [0, 0.1) is 0 Å². The predicted octanol–water partition coefficient (Wildman–Crippen LogP) is 2.51. The highest BCUT2D eigenvalue weighted by Gasteiger charge is 2.09. The largest absolute Gasteiger partial charge is 0.504 e. The number of hydrogen-bond donors (Lipinski definition) is 3. The number of carbonyl (C=O) groups is 1. The second kappa shape index (κ2) is 6.95. The van der Waals surface area contributed by atoms with Crippen molar-refractivity contribution in [2.45, 2.75) is 0 Å². The summed E-state index contributed by atoms with van der Waals surface area (Å²) in [7, 11) is 1.45. The second-order valence-corrected chi connectivity index (χ2v) is 5.25. The van der Waals surface area contributed by atoms with Gasteiger partial charge in [0.15, 0.2) is 11.5 Å². The summed E-state index contributed by atoms with van der Waals surface area (Å²) >= 11 is 3.30. The first-order valence-electron chi connectivity index (χ1n) is 6.27. The molecule has 7 heteroatoms. The van der Waals surface area contributed by atoms with Crippen molar-refractivity contribution in [2.24, 2.45) is 5.10 Å². The Bertz CT molecular complexity index is 732. The number of methoxy groups -OCH3 is 1. The topological polar surface area (TPSA) is 96.9 Å². The number of halogens is 1. The minimum absolute atomic E-state index is 0.0667. The lowest BCUT2D eigenvalue weighted by Crippen LogP contribution is -2.19. The molecule has 2 aromatic carbocycles. The van der Waals surface area contributed by atoms with Gasteiger partial charge in [0.25, 0.3) is 5.91 Å². The number of phenols is 1. The molecule has 0 aliphatic rings. The molecule has 6 nitrogen and oxygen atoms in total. The van der Waals surface area contributed by atoms with E-state index in [1.165, 1.54) is 13.3 Å². The number of benzene rings is 2. The van der Waals surface area contributed by atoms with E-state index >= 15 is 0 Å². The number of nitrogens with zero attached hydrogens (tertiary/aromatic N) is 1. The van der Waals surface area contributed by atoms with Crippen LogP contribution in [0.4, 0.5) is 5.69 Å². The van der Waals surface area contributed by atoms with Crippen LogP contribution in [0.15, 0.2) is 46.0 Å². The molecule has 0 aliphatic heterocycles. The van der Waals surface area contributed by atoms with Gasteiger partial charge in [-0.05, 0) is 24.3 Å². The van der Waals surface area contributed by atoms with Crippen molar-refractivity contribution >= 4 is 33.7 Å². The van der Waals surface area contributed by atoms with Crippen molar-refractivity contribution in [3.63, 3.8) is 0 Å². The standard InChI is InChI=1S/C15H14BrN3O3/c1-22-13-7-10(16)6-9(14(13)20)8-18-19-15(21)11-4-2-3-5-12(11)17/h2-8,20H,17H2,1H3,(H,19,21)/b18-8+. The predicted molar refractivity (Wildman–Crippen MR) is 88.3 cm³/mol. The molecule has 0 atom stereocenters. The van der Waals surface area contributed by atoms with E-state index < -0.39 is 5.91 Å². The maximum Gasteiger partial charge on any atom is 0.273 e. The third-order valence-electron chi connectivity index (χ3n) is 2.86. The van der Waals surface area contributed by atoms with Gasteiger partial charge in [0, 0.05) is 15.7 Å². The van der Waals surface area contributed by atoms with E-state index in [4.69, 9.17) is 10.5 Å². The number of rotatable bonds is 4. The minimum atomic E-state index is -0.434. The number of para-hydroxylation sites is 1. The Morgan fingerprint density at radius 2 is 2.14 bits per heavy atom. The van der Waals surface area contributed by atoms with Gasteiger partial charge in [-0.15, -0.1) is 0 Å². The molecule has 1 amide bonds. The van der Waals surface area contributed by atoms with Crippen LogP contribution in [-0.4, -0.2) is 24.3 Å². The monoisotopic (exact) mass is 363 g/mol. The van der Waals surface area contributed by atoms with E-state index in [1.54, 1.807) is 36.4 Å². The molecule has 0 aliphatic carbocycles. The Balaban J connectivity index is 2.15. The Morgan fingerprint density at radius 3 is 2.82 bits per heavy atom. The molecule has 0 bridgehead atoms. The summed E-state index contributed by atoms with van der Waals surface area (Å²) in [6.07, 6.45) is 1.32. The number of hydrazone groups is 1. The SMILES string of the molecule is COc1cc(Br)cc(/C=N/NC(=O)c2ccccc2N)c1O. The highest BCUT2D eigenvalue weighted by molar-refractivity contribution is 9.10. The third-order valence-corrected chi connectivity index (χ3v) is 3.32. The highest BCUT2D eigenvalue weighted by atomic mass is 79.9. The van der Waals surface area contributed by atoms with Crippen LogP contribution in [0.3, 0.4) is 0 Å². The maximum absolute atomic E-state index is 11.9. The van der Waals surface area contributed by atoms with E-state index in [9.17, 15) is 9.90 Å². The van der Waals surface area contributed by atoms with Gasteiger partial charge < -0.3 is 15.6 Å². The molecule has 0 spiro atoms. The van der Waals surface area contributed by atoms with Crippen LogP contribution < -0.4 is 15.9 Å². The molecule has 0 radical (unpaired) electrons. The summed E-state index contributed by atoms with van der Waals surface area (Å²) in [5.41, 5.74) is 9.15. The van der Waals surface area contributed by atoms with E-state index in [2.05, 4.69) is 26.5 Å². The van der Waals surface area contributed by atoms with Gasteiger partial charge in [0.1, 0.15) is 0 Å². The zero-order chi connectivity index (χ0) is 16.1. The third kappa shape index (κ3) is 3.56. The smallest absolute Gasteiger partial charge is 0.273 e. The number of phenolic OH excluding ortho intramolecular Hbond substituents is 1. The number of ether oxygens (including phenoxy) is 1. The minimum Gasteiger partial charge on any atom is -0.504 e. The molecule has 0 saturated carbocycles. The molecule has 0 aromatic heterocycles. The fourth-order valence-electron chi connectivity index (χ4n) is 1.77. The molecule has 0 heterocycles. The molecule has 114 valence electrons. The first kappa shape index (κ1) is 15.8. The molecule has 0 fully saturated rings. The molecule has 22 heavy (non-hydrogen) atoms. The van der Waals surface area contributed by atoms with Gasteiger partial charge >= 0.3 is 0 Å². The molecule has 2 aromatic rings. The van der Waals surface area contributed by atoms with Crippen molar-refractivity contribution < 1.29 is 14.6 Å². The number of carbonyl (C=O) groups excluding carboxylic acids is 1. The summed E-state index contributed by atoms with van der Waals surface area (Å²) in [5, 5.41) is 13.8. The number of aromatic hydroxyl groups is 1. The van der Waals surface area contributed by atoms with Crippen LogP contribution in [0.25, 0.3) is 0 Å². The van der Waals surface area contributed by atoms with Gasteiger partial charge in [-0.2, -0.15) is 5.10 Å². The summed E-state index contributed by atoms with van der Waals surface area (Å²) < 4.78 is 5.74. The number of nitrogens with two attached hydrogens (primary N) is 1. The zero-order valence-corrected chi connectivity index (χ0v) is 13.3. The molecule has 4 N–H and O–H groups in total. The number of nitrogen functional groups attached to an aromatic ring is 1. The van der Waals surface area contributed by atoms with Gasteiger partial charge in [-0.3, -0.25) is 4.79 Å².